The predicted octanol–water partition coefficient (Wildman–Crippen LogP) is 2.89. The van der Waals surface area contributed by atoms with Crippen LogP contribution in [0.25, 0.3) is 0 Å². The molecule has 2 aliphatic rings. The van der Waals surface area contributed by atoms with Crippen molar-refractivity contribution < 1.29 is 17.6 Å². The van der Waals surface area contributed by atoms with Gasteiger partial charge in [0.15, 0.2) is 0 Å². The van der Waals surface area contributed by atoms with E-state index >= 15 is 0 Å². The summed E-state index contributed by atoms with van der Waals surface area (Å²) in [6.07, 6.45) is 5.24. The van der Waals surface area contributed by atoms with E-state index in [1.165, 1.54) is 16.8 Å². The van der Waals surface area contributed by atoms with Crippen LogP contribution in [0, 0.1) is 11.7 Å². The van der Waals surface area contributed by atoms with Gasteiger partial charge in [0.05, 0.1) is 5.02 Å². The van der Waals surface area contributed by atoms with Crippen molar-refractivity contribution in [1.29, 1.82) is 0 Å². The van der Waals surface area contributed by atoms with Crippen molar-refractivity contribution in [2.75, 3.05) is 26.2 Å². The highest BCUT2D eigenvalue weighted by atomic mass is 35.5. The second-order valence-electron chi connectivity index (χ2n) is 6.64. The third-order valence-corrected chi connectivity index (χ3v) is 7.40. The molecule has 1 saturated carbocycles. The number of sulfonamides is 1. The summed E-state index contributed by atoms with van der Waals surface area (Å²) in [6.45, 7) is 1.23. The van der Waals surface area contributed by atoms with Crippen molar-refractivity contribution in [3.8, 4) is 0 Å². The fourth-order valence-corrected chi connectivity index (χ4v) is 5.51. The maximum Gasteiger partial charge on any atom is 0.244 e. The number of amides is 1. The first kappa shape index (κ1) is 18.6. The predicted molar refractivity (Wildman–Crippen MR) is 93.3 cm³/mol. The quantitative estimate of drug-likeness (QED) is 0.800. The molecule has 1 saturated heterocycles. The van der Waals surface area contributed by atoms with Crippen LogP contribution >= 0.6 is 11.6 Å². The number of carbonyl (C=O) groups is 1. The van der Waals surface area contributed by atoms with Gasteiger partial charge in [0.1, 0.15) is 10.7 Å². The monoisotopic (exact) mass is 388 g/mol. The van der Waals surface area contributed by atoms with Crippen molar-refractivity contribution >= 4 is 27.5 Å². The molecular weight excluding hydrogens is 367 g/mol. The molecule has 0 spiro atoms. The van der Waals surface area contributed by atoms with Crippen LogP contribution in [0.5, 0.6) is 0 Å². The Labute approximate surface area is 152 Å². The van der Waals surface area contributed by atoms with Gasteiger partial charge in [-0.3, -0.25) is 4.79 Å². The van der Waals surface area contributed by atoms with Gasteiger partial charge in [0, 0.05) is 32.1 Å². The topological polar surface area (TPSA) is 57.7 Å². The largest absolute Gasteiger partial charge is 0.340 e. The fourth-order valence-electron chi connectivity index (χ4n) is 3.58. The Morgan fingerprint density at radius 3 is 2.32 bits per heavy atom. The Bertz CT molecular complexity index is 742. The van der Waals surface area contributed by atoms with E-state index in [1.54, 1.807) is 4.90 Å². The minimum Gasteiger partial charge on any atom is -0.340 e. The molecule has 138 valence electrons. The lowest BCUT2D eigenvalue weighted by atomic mass is 9.88. The molecule has 1 aliphatic heterocycles. The van der Waals surface area contributed by atoms with E-state index in [2.05, 4.69) is 0 Å². The van der Waals surface area contributed by atoms with E-state index in [-0.39, 0.29) is 34.8 Å². The van der Waals surface area contributed by atoms with Gasteiger partial charge in [-0.1, -0.05) is 30.9 Å². The SMILES string of the molecule is O=C(C1CCCCC1)N1CCN(S(=O)(=O)c2ccc(F)cc2Cl)CC1. The smallest absolute Gasteiger partial charge is 0.244 e. The van der Waals surface area contributed by atoms with Crippen molar-refractivity contribution in [3.05, 3.63) is 29.0 Å². The number of piperazine rings is 1. The number of carbonyl (C=O) groups excluding carboxylic acids is 1. The fraction of sp³-hybridized carbons (Fsp3) is 0.588. The van der Waals surface area contributed by atoms with E-state index in [9.17, 15) is 17.6 Å². The molecule has 25 heavy (non-hydrogen) atoms. The Hall–Kier alpha value is -1.18. The average molecular weight is 389 g/mol. The summed E-state index contributed by atoms with van der Waals surface area (Å²) in [5.41, 5.74) is 0. The van der Waals surface area contributed by atoms with Crippen LogP contribution in [-0.4, -0.2) is 49.7 Å². The second kappa shape index (κ2) is 7.60. The molecule has 1 heterocycles. The first-order valence-corrected chi connectivity index (χ1v) is 10.5. The van der Waals surface area contributed by atoms with Crippen LogP contribution in [0.2, 0.25) is 5.02 Å². The van der Waals surface area contributed by atoms with Gasteiger partial charge in [-0.15, -0.1) is 0 Å². The lowest BCUT2D eigenvalue weighted by molar-refractivity contribution is -0.137. The molecule has 5 nitrogen and oxygen atoms in total. The minimum atomic E-state index is -3.79. The standard InChI is InChI=1S/C17H22ClFN2O3S/c18-15-12-14(19)6-7-16(15)25(23,24)21-10-8-20(9-11-21)17(22)13-4-2-1-3-5-13/h6-7,12-13H,1-5,8-11H2. The summed E-state index contributed by atoms with van der Waals surface area (Å²) in [4.78, 5) is 14.2. The number of rotatable bonds is 3. The van der Waals surface area contributed by atoms with E-state index in [0.717, 1.165) is 37.8 Å². The molecule has 0 unspecified atom stereocenters. The van der Waals surface area contributed by atoms with Crippen molar-refractivity contribution in [2.45, 2.75) is 37.0 Å². The molecule has 1 aliphatic carbocycles. The van der Waals surface area contributed by atoms with Crippen molar-refractivity contribution in [3.63, 3.8) is 0 Å². The summed E-state index contributed by atoms with van der Waals surface area (Å²) in [6, 6.07) is 3.27. The van der Waals surface area contributed by atoms with Crippen LogP contribution in [-0.2, 0) is 14.8 Å². The molecule has 0 aromatic heterocycles. The molecule has 0 radical (unpaired) electrons. The number of hydrogen-bond acceptors (Lipinski definition) is 3. The van der Waals surface area contributed by atoms with E-state index in [0.29, 0.717) is 13.1 Å². The van der Waals surface area contributed by atoms with Crippen LogP contribution in [0.15, 0.2) is 23.1 Å². The number of hydrogen-bond donors (Lipinski definition) is 0. The molecule has 0 bridgehead atoms. The van der Waals surface area contributed by atoms with Crippen LogP contribution in [0.3, 0.4) is 0 Å². The zero-order valence-corrected chi connectivity index (χ0v) is 15.5. The molecule has 2 fully saturated rings. The average Bonchev–Trinajstić information content (AvgIpc) is 2.61. The summed E-state index contributed by atoms with van der Waals surface area (Å²) in [5.74, 6) is -0.341. The molecule has 1 amide bonds. The van der Waals surface area contributed by atoms with E-state index in [4.69, 9.17) is 11.6 Å². The summed E-state index contributed by atoms with van der Waals surface area (Å²) < 4.78 is 39.9. The second-order valence-corrected chi connectivity index (χ2v) is 8.95. The Morgan fingerprint density at radius 2 is 1.72 bits per heavy atom. The van der Waals surface area contributed by atoms with Crippen LogP contribution in [0.4, 0.5) is 4.39 Å². The molecule has 1 aromatic carbocycles. The van der Waals surface area contributed by atoms with Crippen LogP contribution in [0.1, 0.15) is 32.1 Å². The maximum atomic E-state index is 13.2. The van der Waals surface area contributed by atoms with Gasteiger partial charge in [-0.2, -0.15) is 4.31 Å². The van der Waals surface area contributed by atoms with Crippen LogP contribution < -0.4 is 0 Å². The number of benzene rings is 1. The highest BCUT2D eigenvalue weighted by molar-refractivity contribution is 7.89. The number of nitrogens with zero attached hydrogens (tertiary/aromatic N) is 2. The minimum absolute atomic E-state index is 0.0865. The Morgan fingerprint density at radius 1 is 1.08 bits per heavy atom. The first-order valence-electron chi connectivity index (χ1n) is 8.63. The van der Waals surface area contributed by atoms with Gasteiger partial charge in [0.25, 0.3) is 0 Å². The Balaban J connectivity index is 1.66. The molecular formula is C17H22ClFN2O3S. The molecule has 0 N–H and O–H groups in total. The van der Waals surface area contributed by atoms with Gasteiger partial charge >= 0.3 is 0 Å². The van der Waals surface area contributed by atoms with E-state index < -0.39 is 15.8 Å². The first-order chi connectivity index (χ1) is 11.9. The molecule has 8 heteroatoms. The summed E-state index contributed by atoms with van der Waals surface area (Å²) in [7, 11) is -3.79. The van der Waals surface area contributed by atoms with Gasteiger partial charge in [0.2, 0.25) is 15.9 Å². The zero-order valence-electron chi connectivity index (χ0n) is 14.0. The normalized spacial score (nSPS) is 20.6. The van der Waals surface area contributed by atoms with Gasteiger partial charge < -0.3 is 4.90 Å². The summed E-state index contributed by atoms with van der Waals surface area (Å²) in [5, 5.41) is -0.124. The van der Waals surface area contributed by atoms with Crippen molar-refractivity contribution in [1.82, 2.24) is 9.21 Å². The van der Waals surface area contributed by atoms with E-state index in [1.807, 2.05) is 0 Å². The lowest BCUT2D eigenvalue weighted by Gasteiger charge is -2.36. The highest BCUT2D eigenvalue weighted by Gasteiger charge is 2.33. The number of halogens is 2. The van der Waals surface area contributed by atoms with Gasteiger partial charge in [-0.05, 0) is 31.0 Å². The zero-order chi connectivity index (χ0) is 18.0. The third kappa shape index (κ3) is 3.99. The van der Waals surface area contributed by atoms with Crippen molar-refractivity contribution in [2.24, 2.45) is 5.92 Å². The third-order valence-electron chi connectivity index (χ3n) is 5.02. The lowest BCUT2D eigenvalue weighted by Crippen LogP contribution is -2.52. The molecule has 0 atom stereocenters. The maximum absolute atomic E-state index is 13.2. The van der Waals surface area contributed by atoms with Gasteiger partial charge in [-0.25, -0.2) is 12.8 Å². The Kier molecular flexibility index (Phi) is 5.65. The molecule has 3 rings (SSSR count). The summed E-state index contributed by atoms with van der Waals surface area (Å²) >= 11 is 5.90. The highest BCUT2D eigenvalue weighted by Crippen LogP contribution is 2.28. The molecule has 1 aromatic rings.